The molecule has 0 radical (unpaired) electrons. The van der Waals surface area contributed by atoms with E-state index in [1.165, 1.54) is 33.4 Å². The predicted octanol–water partition coefficient (Wildman–Crippen LogP) is 10.8. The molecule has 0 saturated carbocycles. The second kappa shape index (κ2) is 14.5. The Morgan fingerprint density at radius 2 is 1.37 bits per heavy atom. The van der Waals surface area contributed by atoms with E-state index >= 15 is 0 Å². The lowest BCUT2D eigenvalue weighted by atomic mass is 9.70. The van der Waals surface area contributed by atoms with E-state index in [4.69, 9.17) is 28.4 Å². The summed E-state index contributed by atoms with van der Waals surface area (Å²) in [7, 11) is 6.72. The molecule has 0 N–H and O–H groups in total. The fourth-order valence-corrected chi connectivity index (χ4v) is 9.68. The van der Waals surface area contributed by atoms with E-state index in [1.54, 1.807) is 28.4 Å². The first-order chi connectivity index (χ1) is 27.9. The van der Waals surface area contributed by atoms with Gasteiger partial charge in [-0.25, -0.2) is 0 Å². The molecular formula is C50H49NO6. The molecule has 1 saturated heterocycles. The molecule has 7 nitrogen and oxygen atoms in total. The predicted molar refractivity (Wildman–Crippen MR) is 229 cm³/mol. The Morgan fingerprint density at radius 1 is 0.684 bits per heavy atom. The molecule has 290 valence electrons. The van der Waals surface area contributed by atoms with Gasteiger partial charge in [0.05, 0.1) is 47.0 Å². The van der Waals surface area contributed by atoms with Crippen LogP contribution in [-0.4, -0.2) is 54.7 Å². The van der Waals surface area contributed by atoms with Crippen LogP contribution in [0, 0.1) is 0 Å². The topological polar surface area (TPSA) is 58.6 Å². The van der Waals surface area contributed by atoms with Gasteiger partial charge in [-0.2, -0.15) is 0 Å². The lowest BCUT2D eigenvalue weighted by molar-refractivity contribution is 0.122. The van der Waals surface area contributed by atoms with Crippen LogP contribution >= 0.6 is 0 Å². The molecule has 9 rings (SSSR count). The molecule has 0 amide bonds. The monoisotopic (exact) mass is 759 g/mol. The summed E-state index contributed by atoms with van der Waals surface area (Å²) in [5, 5.41) is 1.84. The van der Waals surface area contributed by atoms with Crippen LogP contribution < -0.4 is 28.6 Å². The fourth-order valence-electron chi connectivity index (χ4n) is 9.68. The Kier molecular flexibility index (Phi) is 9.36. The smallest absolute Gasteiger partial charge is 0.204 e. The Bertz CT molecular complexity index is 2480. The standard InChI is InChI=1S/C50H49NO6/c1-7-49(8-2)41-30-33(32-12-10-9-11-13-32)14-23-38(41)43-40-31-42(53-4)47(54-5)48(55-6)44(40)46-39(45(43)49)24-25-50(57-46,35-17-21-37(52-3)22-18-35)34-15-19-36(20-16-34)51-26-28-56-29-27-51/h9-25,30-31H,7-8,26-29H2,1-6H3. The third-order valence-corrected chi connectivity index (χ3v) is 12.6. The molecule has 1 aliphatic carbocycles. The third kappa shape index (κ3) is 5.58. The molecule has 0 spiro atoms. The van der Waals surface area contributed by atoms with E-state index in [0.29, 0.717) is 17.2 Å². The Labute approximate surface area is 335 Å². The van der Waals surface area contributed by atoms with Gasteiger partial charge >= 0.3 is 0 Å². The number of ether oxygens (including phenoxy) is 6. The Hall–Kier alpha value is -5.92. The fraction of sp³-hybridized carbons (Fsp3) is 0.280. The van der Waals surface area contributed by atoms with Gasteiger partial charge in [-0.15, -0.1) is 0 Å². The van der Waals surface area contributed by atoms with Crippen molar-refractivity contribution >= 4 is 22.5 Å². The quantitative estimate of drug-likeness (QED) is 0.138. The summed E-state index contributed by atoms with van der Waals surface area (Å²) in [6.45, 7) is 7.80. The summed E-state index contributed by atoms with van der Waals surface area (Å²) in [4.78, 5) is 2.37. The average Bonchev–Trinajstić information content (AvgIpc) is 3.58. The van der Waals surface area contributed by atoms with Crippen molar-refractivity contribution in [2.45, 2.75) is 37.7 Å². The van der Waals surface area contributed by atoms with Gasteiger partial charge in [0.2, 0.25) is 5.75 Å². The number of nitrogens with zero attached hydrogens (tertiary/aromatic N) is 1. The van der Waals surface area contributed by atoms with Crippen LogP contribution in [0.1, 0.15) is 54.5 Å². The van der Waals surface area contributed by atoms with Crippen LogP contribution in [0.4, 0.5) is 5.69 Å². The molecule has 6 aromatic carbocycles. The molecule has 3 aliphatic rings. The highest BCUT2D eigenvalue weighted by molar-refractivity contribution is 6.12. The van der Waals surface area contributed by atoms with Gasteiger partial charge in [-0.05, 0) is 88.7 Å². The van der Waals surface area contributed by atoms with Crippen LogP contribution in [-0.2, 0) is 15.8 Å². The first-order valence-electron chi connectivity index (χ1n) is 19.9. The number of hydrogen-bond donors (Lipinski definition) is 0. The molecule has 2 aliphatic heterocycles. The first kappa shape index (κ1) is 36.7. The normalized spacial score (nSPS) is 17.7. The molecule has 6 aromatic rings. The first-order valence-corrected chi connectivity index (χ1v) is 19.9. The van der Waals surface area contributed by atoms with Gasteiger partial charge in [-0.3, -0.25) is 0 Å². The minimum atomic E-state index is -0.991. The maximum atomic E-state index is 7.74. The van der Waals surface area contributed by atoms with Crippen LogP contribution in [0.5, 0.6) is 28.7 Å². The number of fused-ring (bicyclic) bond motifs is 8. The molecule has 2 heterocycles. The van der Waals surface area contributed by atoms with E-state index in [0.717, 1.165) is 83.8 Å². The highest BCUT2D eigenvalue weighted by Crippen LogP contribution is 2.63. The van der Waals surface area contributed by atoms with Gasteiger partial charge < -0.3 is 33.3 Å². The minimum absolute atomic E-state index is 0.290. The van der Waals surface area contributed by atoms with Gasteiger partial charge in [-0.1, -0.05) is 86.7 Å². The van der Waals surface area contributed by atoms with Crippen LogP contribution in [0.25, 0.3) is 39.1 Å². The Balaban J connectivity index is 1.35. The van der Waals surface area contributed by atoms with Crippen LogP contribution in [0.15, 0.2) is 109 Å². The molecular weight excluding hydrogens is 711 g/mol. The largest absolute Gasteiger partial charge is 0.497 e. The Morgan fingerprint density at radius 3 is 2.00 bits per heavy atom. The second-order valence-corrected chi connectivity index (χ2v) is 15.0. The molecule has 1 unspecified atom stereocenters. The lowest BCUT2D eigenvalue weighted by Gasteiger charge is -2.40. The van der Waals surface area contributed by atoms with Crippen molar-refractivity contribution in [3.8, 4) is 51.0 Å². The molecule has 1 fully saturated rings. The second-order valence-electron chi connectivity index (χ2n) is 15.0. The summed E-state index contributed by atoms with van der Waals surface area (Å²) >= 11 is 0. The molecule has 0 aromatic heterocycles. The summed E-state index contributed by atoms with van der Waals surface area (Å²) < 4.78 is 37.5. The van der Waals surface area contributed by atoms with E-state index in [9.17, 15) is 0 Å². The van der Waals surface area contributed by atoms with Crippen molar-refractivity contribution < 1.29 is 28.4 Å². The van der Waals surface area contributed by atoms with Crippen molar-refractivity contribution in [1.82, 2.24) is 0 Å². The van der Waals surface area contributed by atoms with Gasteiger partial charge in [0, 0.05) is 46.3 Å². The molecule has 7 heteroatoms. The molecule has 0 bridgehead atoms. The summed E-state index contributed by atoms with van der Waals surface area (Å²) in [5.41, 5.74) is 10.3. The van der Waals surface area contributed by atoms with Gasteiger partial charge in [0.25, 0.3) is 0 Å². The van der Waals surface area contributed by atoms with Crippen LogP contribution in [0.3, 0.4) is 0 Å². The number of morpholine rings is 1. The van der Waals surface area contributed by atoms with E-state index in [1.807, 2.05) is 12.1 Å². The molecule has 1 atom stereocenters. The van der Waals surface area contributed by atoms with Gasteiger partial charge in [0.15, 0.2) is 17.1 Å². The van der Waals surface area contributed by atoms with E-state index < -0.39 is 5.60 Å². The lowest BCUT2D eigenvalue weighted by Crippen LogP contribution is -2.37. The highest BCUT2D eigenvalue weighted by atomic mass is 16.5. The number of rotatable bonds is 10. The molecule has 57 heavy (non-hydrogen) atoms. The highest BCUT2D eigenvalue weighted by Gasteiger charge is 2.48. The summed E-state index contributed by atoms with van der Waals surface area (Å²) in [5.74, 6) is 3.22. The maximum absolute atomic E-state index is 7.74. The summed E-state index contributed by atoms with van der Waals surface area (Å²) in [6, 6.07) is 36.7. The van der Waals surface area contributed by atoms with Gasteiger partial charge in [0.1, 0.15) is 11.5 Å². The number of hydrogen-bond acceptors (Lipinski definition) is 7. The zero-order valence-electron chi connectivity index (χ0n) is 33.6. The van der Waals surface area contributed by atoms with Crippen molar-refractivity contribution in [2.24, 2.45) is 0 Å². The zero-order chi connectivity index (χ0) is 39.3. The number of anilines is 1. The maximum Gasteiger partial charge on any atom is 0.204 e. The van der Waals surface area contributed by atoms with E-state index in [2.05, 4.69) is 122 Å². The van der Waals surface area contributed by atoms with Crippen molar-refractivity contribution in [3.05, 3.63) is 137 Å². The average molecular weight is 760 g/mol. The van der Waals surface area contributed by atoms with Crippen LogP contribution in [0.2, 0.25) is 0 Å². The SMILES string of the molecule is CCC1(CC)c2cc(-c3ccccc3)ccc2-c2c1c1c(c3c(OC)c(OC)c(OC)cc23)OC(c2ccc(OC)cc2)(c2ccc(N3CCOCC3)cc2)C=C1. The van der Waals surface area contributed by atoms with Crippen molar-refractivity contribution in [2.75, 3.05) is 59.6 Å². The third-order valence-electron chi connectivity index (χ3n) is 12.6. The number of methoxy groups -OCH3 is 4. The van der Waals surface area contributed by atoms with E-state index in [-0.39, 0.29) is 5.41 Å². The van der Waals surface area contributed by atoms with Crippen molar-refractivity contribution in [1.29, 1.82) is 0 Å². The minimum Gasteiger partial charge on any atom is -0.497 e. The number of benzene rings is 6. The van der Waals surface area contributed by atoms with Crippen molar-refractivity contribution in [3.63, 3.8) is 0 Å². The summed E-state index contributed by atoms with van der Waals surface area (Å²) in [6.07, 6.45) is 6.36. The zero-order valence-corrected chi connectivity index (χ0v) is 33.6.